The molecule has 2 atom stereocenters. The third-order valence-electron chi connectivity index (χ3n) is 3.86. The summed E-state index contributed by atoms with van der Waals surface area (Å²) >= 11 is 5.84. The summed E-state index contributed by atoms with van der Waals surface area (Å²) < 4.78 is 0. The van der Waals surface area contributed by atoms with Gasteiger partial charge in [-0.25, -0.2) is 0 Å². The molecule has 0 saturated carbocycles. The topological polar surface area (TPSA) is 103 Å². The quantitative estimate of drug-likeness (QED) is 0.914. The van der Waals surface area contributed by atoms with Gasteiger partial charge in [-0.1, -0.05) is 11.6 Å². The Morgan fingerprint density at radius 3 is 2.70 bits per heavy atom. The lowest BCUT2D eigenvalue weighted by atomic mass is 9.93. The Morgan fingerprint density at radius 2 is 2.13 bits per heavy atom. The highest BCUT2D eigenvalue weighted by atomic mass is 35.5. The molecule has 0 amide bonds. The SMILES string of the molecule is N#Cc1ccc(N2CC(C(=O)O)C(c3ccc(Cl)cn3)C2)nn1. The summed E-state index contributed by atoms with van der Waals surface area (Å²) in [5, 5.41) is 26.5. The van der Waals surface area contributed by atoms with Gasteiger partial charge in [-0.3, -0.25) is 9.78 Å². The van der Waals surface area contributed by atoms with Gasteiger partial charge in [-0.2, -0.15) is 5.26 Å². The van der Waals surface area contributed by atoms with Gasteiger partial charge in [0.2, 0.25) is 0 Å². The predicted molar refractivity (Wildman–Crippen MR) is 82.1 cm³/mol. The number of aliphatic carboxylic acids is 1. The van der Waals surface area contributed by atoms with Gasteiger partial charge in [-0.15, -0.1) is 10.2 Å². The molecule has 3 rings (SSSR count). The highest BCUT2D eigenvalue weighted by Gasteiger charge is 2.40. The van der Waals surface area contributed by atoms with Crippen LogP contribution in [0.25, 0.3) is 0 Å². The van der Waals surface area contributed by atoms with Gasteiger partial charge in [-0.05, 0) is 24.3 Å². The minimum absolute atomic E-state index is 0.221. The first-order chi connectivity index (χ1) is 11.1. The van der Waals surface area contributed by atoms with Crippen molar-refractivity contribution in [2.45, 2.75) is 5.92 Å². The van der Waals surface area contributed by atoms with E-state index in [1.807, 2.05) is 11.0 Å². The number of carbonyl (C=O) groups is 1. The normalized spacial score (nSPS) is 20.3. The van der Waals surface area contributed by atoms with Crippen LogP contribution in [0.2, 0.25) is 5.02 Å². The molecule has 0 radical (unpaired) electrons. The fraction of sp³-hybridized carbons (Fsp3) is 0.267. The molecule has 0 spiro atoms. The Kier molecular flexibility index (Phi) is 4.08. The Bertz CT molecular complexity index is 757. The van der Waals surface area contributed by atoms with E-state index in [1.54, 1.807) is 24.3 Å². The smallest absolute Gasteiger partial charge is 0.309 e. The van der Waals surface area contributed by atoms with Crippen molar-refractivity contribution in [3.63, 3.8) is 0 Å². The average Bonchev–Trinajstić information content (AvgIpc) is 3.01. The number of pyridine rings is 1. The molecule has 2 aromatic heterocycles. The van der Waals surface area contributed by atoms with Gasteiger partial charge >= 0.3 is 5.97 Å². The Hall–Kier alpha value is -2.72. The fourth-order valence-electron chi connectivity index (χ4n) is 2.70. The molecule has 1 saturated heterocycles. The summed E-state index contributed by atoms with van der Waals surface area (Å²) in [6.45, 7) is 0.775. The molecule has 2 unspecified atom stereocenters. The highest BCUT2D eigenvalue weighted by molar-refractivity contribution is 6.30. The molecule has 1 N–H and O–H groups in total. The number of hydrogen-bond acceptors (Lipinski definition) is 6. The summed E-state index contributed by atoms with van der Waals surface area (Å²) in [5.41, 5.74) is 0.907. The van der Waals surface area contributed by atoms with E-state index >= 15 is 0 Å². The molecular formula is C15H12ClN5O2. The van der Waals surface area contributed by atoms with Crippen molar-refractivity contribution >= 4 is 23.4 Å². The largest absolute Gasteiger partial charge is 0.481 e. The second kappa shape index (κ2) is 6.18. The zero-order valence-corrected chi connectivity index (χ0v) is 12.7. The van der Waals surface area contributed by atoms with Crippen LogP contribution in [0, 0.1) is 17.2 Å². The monoisotopic (exact) mass is 329 g/mol. The Balaban J connectivity index is 1.87. The van der Waals surface area contributed by atoms with Crippen LogP contribution in [-0.2, 0) is 4.79 Å². The molecule has 0 aliphatic carbocycles. The van der Waals surface area contributed by atoms with Crippen LogP contribution in [0.15, 0.2) is 30.5 Å². The van der Waals surface area contributed by atoms with Crippen LogP contribution in [-0.4, -0.2) is 39.3 Å². The zero-order chi connectivity index (χ0) is 16.4. The van der Waals surface area contributed by atoms with E-state index in [-0.39, 0.29) is 11.6 Å². The third-order valence-corrected chi connectivity index (χ3v) is 4.08. The molecule has 1 aliphatic heterocycles. The summed E-state index contributed by atoms with van der Waals surface area (Å²) in [4.78, 5) is 17.7. The lowest BCUT2D eigenvalue weighted by molar-refractivity contribution is -0.141. The number of rotatable bonds is 3. The van der Waals surface area contributed by atoms with Gasteiger partial charge in [0.15, 0.2) is 11.5 Å². The number of nitrogens with zero attached hydrogens (tertiary/aromatic N) is 5. The number of carboxylic acid groups (broad SMARTS) is 1. The van der Waals surface area contributed by atoms with Crippen LogP contribution in [0.3, 0.4) is 0 Å². The summed E-state index contributed by atoms with van der Waals surface area (Å²) in [6, 6.07) is 8.58. The average molecular weight is 330 g/mol. The molecule has 1 fully saturated rings. The van der Waals surface area contributed by atoms with Crippen molar-refractivity contribution in [3.8, 4) is 6.07 Å². The van der Waals surface area contributed by atoms with Crippen molar-refractivity contribution < 1.29 is 9.90 Å². The van der Waals surface area contributed by atoms with E-state index in [2.05, 4.69) is 15.2 Å². The molecule has 3 heterocycles. The maximum atomic E-state index is 11.6. The molecule has 23 heavy (non-hydrogen) atoms. The van der Waals surface area contributed by atoms with Crippen LogP contribution in [0.4, 0.5) is 5.82 Å². The first-order valence-electron chi connectivity index (χ1n) is 6.91. The van der Waals surface area contributed by atoms with E-state index < -0.39 is 11.9 Å². The number of hydrogen-bond donors (Lipinski definition) is 1. The number of carboxylic acids is 1. The number of anilines is 1. The molecule has 2 aromatic rings. The Labute approximate surface area is 137 Å². The van der Waals surface area contributed by atoms with Gasteiger partial charge in [0.25, 0.3) is 0 Å². The van der Waals surface area contributed by atoms with E-state index in [9.17, 15) is 9.90 Å². The van der Waals surface area contributed by atoms with Crippen LogP contribution < -0.4 is 4.90 Å². The molecule has 0 aromatic carbocycles. The molecule has 7 nitrogen and oxygen atoms in total. The van der Waals surface area contributed by atoms with Gasteiger partial charge in [0, 0.05) is 30.9 Å². The number of halogens is 1. The van der Waals surface area contributed by atoms with Crippen molar-refractivity contribution in [3.05, 3.63) is 46.9 Å². The molecule has 0 bridgehead atoms. The second-order valence-corrected chi connectivity index (χ2v) is 5.68. The third kappa shape index (κ3) is 3.07. The summed E-state index contributed by atoms with van der Waals surface area (Å²) in [7, 11) is 0. The lowest BCUT2D eigenvalue weighted by Crippen LogP contribution is -2.24. The second-order valence-electron chi connectivity index (χ2n) is 5.25. The lowest BCUT2D eigenvalue weighted by Gasteiger charge is -2.16. The van der Waals surface area contributed by atoms with E-state index in [0.717, 1.165) is 0 Å². The van der Waals surface area contributed by atoms with Crippen molar-refractivity contribution in [1.29, 1.82) is 5.26 Å². The first kappa shape index (κ1) is 15.2. The molecule has 8 heteroatoms. The first-order valence-corrected chi connectivity index (χ1v) is 7.29. The van der Waals surface area contributed by atoms with Gasteiger partial charge in [0.1, 0.15) is 6.07 Å². The zero-order valence-electron chi connectivity index (χ0n) is 11.9. The van der Waals surface area contributed by atoms with Crippen molar-refractivity contribution in [2.75, 3.05) is 18.0 Å². The minimum atomic E-state index is -0.879. The molecule has 116 valence electrons. The Morgan fingerprint density at radius 1 is 1.30 bits per heavy atom. The summed E-state index contributed by atoms with van der Waals surface area (Å²) in [5.74, 6) is -1.19. The molecule has 1 aliphatic rings. The number of nitriles is 1. The minimum Gasteiger partial charge on any atom is -0.481 e. The van der Waals surface area contributed by atoms with Crippen molar-refractivity contribution in [1.82, 2.24) is 15.2 Å². The van der Waals surface area contributed by atoms with Crippen molar-refractivity contribution in [2.24, 2.45) is 5.92 Å². The van der Waals surface area contributed by atoms with Crippen LogP contribution >= 0.6 is 11.6 Å². The highest BCUT2D eigenvalue weighted by Crippen LogP contribution is 2.34. The fourth-order valence-corrected chi connectivity index (χ4v) is 2.81. The number of aromatic nitrogens is 3. The predicted octanol–water partition coefficient (Wildman–Crippen LogP) is 1.70. The maximum Gasteiger partial charge on any atom is 0.309 e. The maximum absolute atomic E-state index is 11.6. The van der Waals surface area contributed by atoms with E-state index in [4.69, 9.17) is 16.9 Å². The van der Waals surface area contributed by atoms with Crippen LogP contribution in [0.5, 0.6) is 0 Å². The van der Waals surface area contributed by atoms with E-state index in [0.29, 0.717) is 29.6 Å². The molecular weight excluding hydrogens is 318 g/mol. The summed E-state index contributed by atoms with van der Waals surface area (Å²) in [6.07, 6.45) is 1.51. The van der Waals surface area contributed by atoms with E-state index in [1.165, 1.54) is 6.20 Å². The van der Waals surface area contributed by atoms with Crippen LogP contribution in [0.1, 0.15) is 17.3 Å². The van der Waals surface area contributed by atoms with Gasteiger partial charge < -0.3 is 10.0 Å². The standard InChI is InChI=1S/C15H12ClN5O2/c16-9-1-3-13(18-6-9)11-7-21(8-12(11)15(22)23)14-4-2-10(5-17)19-20-14/h1-4,6,11-12H,7-8H2,(H,22,23). The van der Waals surface area contributed by atoms with Gasteiger partial charge in [0.05, 0.1) is 10.9 Å².